The second-order valence-corrected chi connectivity index (χ2v) is 6.76. The summed E-state index contributed by atoms with van der Waals surface area (Å²) in [5.41, 5.74) is 0.408. The normalized spacial score (nSPS) is 10.0. The third-order valence-corrected chi connectivity index (χ3v) is 4.61. The van der Waals surface area contributed by atoms with Crippen LogP contribution in [0.5, 0.6) is 0 Å². The molecule has 1 amide bonds. The number of nitriles is 1. The Kier molecular flexibility index (Phi) is 7.09. The number of thioether (sulfide) groups is 1. The van der Waals surface area contributed by atoms with Crippen molar-refractivity contribution in [1.82, 2.24) is 5.32 Å². The van der Waals surface area contributed by atoms with Gasteiger partial charge >= 0.3 is 0 Å². The van der Waals surface area contributed by atoms with Gasteiger partial charge in [0, 0.05) is 22.5 Å². The van der Waals surface area contributed by atoms with Gasteiger partial charge in [-0.05, 0) is 36.4 Å². The van der Waals surface area contributed by atoms with Crippen LogP contribution in [0.3, 0.4) is 0 Å². The molecule has 24 heavy (non-hydrogen) atoms. The lowest BCUT2D eigenvalue weighted by Crippen LogP contribution is -2.30. The van der Waals surface area contributed by atoms with Crippen molar-refractivity contribution in [1.29, 1.82) is 5.26 Å². The molecule has 2 rings (SSSR count). The first-order chi connectivity index (χ1) is 11.6. The topological polar surface area (TPSA) is 64.9 Å². The molecule has 0 saturated carbocycles. The summed E-state index contributed by atoms with van der Waals surface area (Å²) in [6.45, 7) is 0.800. The van der Waals surface area contributed by atoms with Crippen molar-refractivity contribution in [3.8, 4) is 6.07 Å². The lowest BCUT2D eigenvalue weighted by molar-refractivity contribution is -0.118. The smallest absolute Gasteiger partial charge is 0.230 e. The minimum absolute atomic E-state index is 0.0189. The van der Waals surface area contributed by atoms with Gasteiger partial charge in [0.05, 0.1) is 11.4 Å². The summed E-state index contributed by atoms with van der Waals surface area (Å²) in [6, 6.07) is 14.0. The van der Waals surface area contributed by atoms with Crippen LogP contribution in [0.25, 0.3) is 0 Å². The maximum atomic E-state index is 13.4. The highest BCUT2D eigenvalue weighted by Crippen LogP contribution is 2.20. The van der Waals surface area contributed by atoms with Crippen LogP contribution in [0.2, 0.25) is 0 Å². The zero-order chi connectivity index (χ0) is 17.4. The van der Waals surface area contributed by atoms with E-state index in [0.29, 0.717) is 24.5 Å². The molecule has 0 heterocycles. The molecule has 7 heteroatoms. The molecule has 124 valence electrons. The van der Waals surface area contributed by atoms with Gasteiger partial charge in [0.1, 0.15) is 17.4 Å². The monoisotopic (exact) mass is 407 g/mol. The Balaban J connectivity index is 1.71. The van der Waals surface area contributed by atoms with Crippen LogP contribution in [-0.2, 0) is 4.79 Å². The van der Waals surface area contributed by atoms with Crippen LogP contribution in [0.4, 0.5) is 10.1 Å². The summed E-state index contributed by atoms with van der Waals surface area (Å²) in [5, 5.41) is 14.7. The van der Waals surface area contributed by atoms with E-state index in [0.717, 1.165) is 9.37 Å². The van der Waals surface area contributed by atoms with Crippen molar-refractivity contribution in [2.45, 2.75) is 4.90 Å². The standard InChI is InChI=1S/C17H15BrFN3OS/c18-12-4-6-13(7-5-12)24-11-17(23)22-9-8-21-16-3-1-2-15(19)14(16)10-20/h1-7,21H,8-9,11H2,(H,22,23). The molecular weight excluding hydrogens is 393 g/mol. The first-order valence-electron chi connectivity index (χ1n) is 7.17. The van der Waals surface area contributed by atoms with Gasteiger partial charge in [-0.15, -0.1) is 11.8 Å². The van der Waals surface area contributed by atoms with Crippen molar-refractivity contribution >= 4 is 39.3 Å². The maximum absolute atomic E-state index is 13.4. The number of halogens is 2. The summed E-state index contributed by atoms with van der Waals surface area (Å²) in [5.74, 6) is -0.313. The molecular formula is C17H15BrFN3OS. The van der Waals surface area contributed by atoms with Crippen molar-refractivity contribution in [3.05, 3.63) is 58.3 Å². The molecule has 2 N–H and O–H groups in total. The van der Waals surface area contributed by atoms with E-state index in [-0.39, 0.29) is 11.5 Å². The molecule has 2 aromatic carbocycles. The second kappa shape index (κ2) is 9.30. The van der Waals surface area contributed by atoms with Gasteiger partial charge in [-0.1, -0.05) is 22.0 Å². The first-order valence-corrected chi connectivity index (χ1v) is 8.95. The third kappa shape index (κ3) is 5.55. The van der Waals surface area contributed by atoms with Gasteiger partial charge in [-0.2, -0.15) is 5.26 Å². The number of anilines is 1. The molecule has 0 aromatic heterocycles. The number of nitrogens with one attached hydrogen (secondary N) is 2. The number of carbonyl (C=O) groups is 1. The van der Waals surface area contributed by atoms with Crippen molar-refractivity contribution in [2.24, 2.45) is 0 Å². The number of rotatable bonds is 7. The van der Waals surface area contributed by atoms with Gasteiger partial charge in [0.2, 0.25) is 5.91 Å². The van der Waals surface area contributed by atoms with Crippen molar-refractivity contribution < 1.29 is 9.18 Å². The maximum Gasteiger partial charge on any atom is 0.230 e. The highest BCUT2D eigenvalue weighted by atomic mass is 79.9. The summed E-state index contributed by atoms with van der Waals surface area (Å²) >= 11 is 4.82. The molecule has 0 saturated heterocycles. The van der Waals surface area contributed by atoms with Crippen LogP contribution >= 0.6 is 27.7 Å². The Morgan fingerprint density at radius 3 is 2.67 bits per heavy atom. The Bertz CT molecular complexity index is 746. The summed E-state index contributed by atoms with van der Waals surface area (Å²) in [7, 11) is 0. The molecule has 0 atom stereocenters. The van der Waals surface area contributed by atoms with Gasteiger partial charge in [-0.3, -0.25) is 4.79 Å². The van der Waals surface area contributed by atoms with Crippen LogP contribution in [0.15, 0.2) is 51.8 Å². The zero-order valence-electron chi connectivity index (χ0n) is 12.7. The van der Waals surface area contributed by atoms with E-state index >= 15 is 0 Å². The minimum atomic E-state index is -0.558. The van der Waals surface area contributed by atoms with Gasteiger partial charge in [0.15, 0.2) is 0 Å². The van der Waals surface area contributed by atoms with Gasteiger partial charge in [0.25, 0.3) is 0 Å². The van der Waals surface area contributed by atoms with E-state index in [2.05, 4.69) is 26.6 Å². The molecule has 0 aliphatic carbocycles. The minimum Gasteiger partial charge on any atom is -0.382 e. The Labute approximate surface area is 152 Å². The number of hydrogen-bond donors (Lipinski definition) is 2. The van der Waals surface area contributed by atoms with Crippen LogP contribution in [-0.4, -0.2) is 24.7 Å². The summed E-state index contributed by atoms with van der Waals surface area (Å²) in [6.07, 6.45) is 0. The molecule has 0 aliphatic rings. The Morgan fingerprint density at radius 1 is 1.21 bits per heavy atom. The average molecular weight is 408 g/mol. The molecule has 2 aromatic rings. The lowest BCUT2D eigenvalue weighted by atomic mass is 10.2. The number of amides is 1. The largest absolute Gasteiger partial charge is 0.382 e. The quantitative estimate of drug-likeness (QED) is 0.541. The van der Waals surface area contributed by atoms with Crippen LogP contribution < -0.4 is 10.6 Å². The fourth-order valence-electron chi connectivity index (χ4n) is 1.91. The van der Waals surface area contributed by atoms with Gasteiger partial charge in [-0.25, -0.2) is 4.39 Å². The molecule has 0 spiro atoms. The molecule has 0 aliphatic heterocycles. The first kappa shape index (κ1) is 18.3. The fraction of sp³-hybridized carbons (Fsp3) is 0.176. The fourth-order valence-corrected chi connectivity index (χ4v) is 2.91. The van der Waals surface area contributed by atoms with Crippen molar-refractivity contribution in [2.75, 3.05) is 24.2 Å². The molecule has 0 bridgehead atoms. The summed E-state index contributed by atoms with van der Waals surface area (Å²) < 4.78 is 14.4. The SMILES string of the molecule is N#Cc1c(F)cccc1NCCNC(=O)CSc1ccc(Br)cc1. The molecule has 0 radical (unpaired) electrons. The number of carbonyl (C=O) groups excluding carboxylic acids is 1. The third-order valence-electron chi connectivity index (χ3n) is 3.07. The predicted octanol–water partition coefficient (Wildman–Crippen LogP) is 3.78. The number of nitrogens with zero attached hydrogens (tertiary/aromatic N) is 1. The van der Waals surface area contributed by atoms with Gasteiger partial charge < -0.3 is 10.6 Å². The lowest BCUT2D eigenvalue weighted by Gasteiger charge is -2.09. The Hall–Kier alpha value is -2.04. The zero-order valence-corrected chi connectivity index (χ0v) is 15.1. The van der Waals surface area contributed by atoms with E-state index in [1.807, 2.05) is 30.3 Å². The predicted molar refractivity (Wildman–Crippen MR) is 97.5 cm³/mol. The highest BCUT2D eigenvalue weighted by Gasteiger charge is 2.07. The molecule has 0 fully saturated rings. The van der Waals surface area contributed by atoms with E-state index < -0.39 is 5.82 Å². The molecule has 0 unspecified atom stereocenters. The van der Waals surface area contributed by atoms with Crippen LogP contribution in [0, 0.1) is 17.1 Å². The Morgan fingerprint density at radius 2 is 1.96 bits per heavy atom. The molecule has 4 nitrogen and oxygen atoms in total. The average Bonchev–Trinajstić information content (AvgIpc) is 2.58. The van der Waals surface area contributed by atoms with E-state index in [1.165, 1.54) is 23.9 Å². The van der Waals surface area contributed by atoms with E-state index in [1.54, 1.807) is 6.07 Å². The van der Waals surface area contributed by atoms with Crippen molar-refractivity contribution in [3.63, 3.8) is 0 Å². The second-order valence-electron chi connectivity index (χ2n) is 4.79. The highest BCUT2D eigenvalue weighted by molar-refractivity contribution is 9.10. The number of hydrogen-bond acceptors (Lipinski definition) is 4. The van der Waals surface area contributed by atoms with E-state index in [9.17, 15) is 9.18 Å². The van der Waals surface area contributed by atoms with E-state index in [4.69, 9.17) is 5.26 Å². The van der Waals surface area contributed by atoms with Crippen LogP contribution in [0.1, 0.15) is 5.56 Å². The summed E-state index contributed by atoms with van der Waals surface area (Å²) in [4.78, 5) is 12.8. The number of benzene rings is 2.